The number of likely N-dealkylation sites (N-methyl/N-ethyl adjacent to an activating group) is 1. The first-order valence-electron chi connectivity index (χ1n) is 5.69. The number of allylic oxidation sites excluding steroid dienone is 3. The highest BCUT2D eigenvalue weighted by molar-refractivity contribution is 7.73. The molecule has 0 fully saturated rings. The quantitative estimate of drug-likeness (QED) is 0.243. The zero-order chi connectivity index (χ0) is 15.5. The fraction of sp³-hybridized carbons (Fsp3) is 0.455. The molecular weight excluding hydrogens is 284 g/mol. The first kappa shape index (κ1) is 17.9. The van der Waals surface area contributed by atoms with Crippen molar-refractivity contribution in [2.75, 3.05) is 27.2 Å². The Morgan fingerprint density at radius 1 is 1.40 bits per heavy atom. The lowest BCUT2D eigenvalue weighted by Gasteiger charge is -2.13. The minimum Gasteiger partial charge on any atom is -0.459 e. The van der Waals surface area contributed by atoms with Crippen LogP contribution in [0.2, 0.25) is 0 Å². The average Bonchev–Trinajstić information content (AvgIpc) is 2.39. The van der Waals surface area contributed by atoms with Gasteiger partial charge < -0.3 is 20.7 Å². The molecule has 1 aliphatic rings. The maximum Gasteiger partial charge on any atom is 0.318 e. The molecule has 20 heavy (non-hydrogen) atoms. The van der Waals surface area contributed by atoms with Gasteiger partial charge in [0.05, 0.1) is 19.0 Å². The van der Waals surface area contributed by atoms with Crippen LogP contribution in [0.4, 0.5) is 0 Å². The van der Waals surface area contributed by atoms with Crippen LogP contribution in [0.3, 0.4) is 0 Å². The third-order valence-corrected chi connectivity index (χ3v) is 3.05. The highest BCUT2D eigenvalue weighted by atomic mass is 32.2. The number of hydrogen-bond acceptors (Lipinski definition) is 4. The van der Waals surface area contributed by atoms with E-state index >= 15 is 0 Å². The maximum absolute atomic E-state index is 11.7. The summed E-state index contributed by atoms with van der Waals surface area (Å²) in [5, 5.41) is 0. The number of nitrogens with zero attached hydrogens (tertiary/aromatic N) is 3. The van der Waals surface area contributed by atoms with Gasteiger partial charge in [0.25, 0.3) is 0 Å². The third kappa shape index (κ3) is 6.74. The summed E-state index contributed by atoms with van der Waals surface area (Å²) in [5.41, 5.74) is 13.5. The van der Waals surface area contributed by atoms with Crippen LogP contribution in [0, 0.1) is 5.92 Å². The summed E-state index contributed by atoms with van der Waals surface area (Å²) in [4.78, 5) is 14.4. The Morgan fingerprint density at radius 2 is 2.00 bits per heavy atom. The van der Waals surface area contributed by atoms with Crippen molar-refractivity contribution in [1.29, 1.82) is 0 Å². The molecule has 0 saturated carbocycles. The van der Waals surface area contributed by atoms with Gasteiger partial charge in [-0.3, -0.25) is 9.71 Å². The summed E-state index contributed by atoms with van der Waals surface area (Å²) in [6, 6.07) is 0. The lowest BCUT2D eigenvalue weighted by atomic mass is 10.0. The van der Waals surface area contributed by atoms with Gasteiger partial charge in [0.15, 0.2) is 0 Å². The van der Waals surface area contributed by atoms with Gasteiger partial charge in [-0.2, -0.15) is 8.42 Å². The average molecular weight is 300 g/mol. The SMILES string of the molecule is C[NH+](C)CCOC(=O)C1C=CC=CC1=S(=O)=O.[N-]=[N+]=[N-]. The number of rotatable bonds is 4. The summed E-state index contributed by atoms with van der Waals surface area (Å²) in [6.45, 7) is 0.974. The zero-order valence-electron chi connectivity index (χ0n) is 11.2. The van der Waals surface area contributed by atoms with E-state index in [-0.39, 0.29) is 11.5 Å². The largest absolute Gasteiger partial charge is 0.459 e. The molecular formula is C11H16N4O4S. The zero-order valence-corrected chi connectivity index (χ0v) is 12.0. The van der Waals surface area contributed by atoms with Crippen LogP contribution in [0.1, 0.15) is 0 Å². The van der Waals surface area contributed by atoms with E-state index in [1.54, 1.807) is 12.2 Å². The molecule has 9 heteroatoms. The smallest absolute Gasteiger partial charge is 0.318 e. The third-order valence-electron chi connectivity index (χ3n) is 2.27. The van der Waals surface area contributed by atoms with Crippen molar-refractivity contribution in [3.8, 4) is 0 Å². The van der Waals surface area contributed by atoms with Crippen molar-refractivity contribution in [2.24, 2.45) is 5.92 Å². The highest BCUT2D eigenvalue weighted by Crippen LogP contribution is 2.10. The van der Waals surface area contributed by atoms with Gasteiger partial charge in [-0.25, -0.2) is 0 Å². The summed E-state index contributed by atoms with van der Waals surface area (Å²) < 4.78 is 26.9. The molecule has 8 nitrogen and oxygen atoms in total. The highest BCUT2D eigenvalue weighted by Gasteiger charge is 2.24. The second kappa shape index (κ2) is 9.79. The van der Waals surface area contributed by atoms with Gasteiger partial charge in [0.2, 0.25) is 10.3 Å². The van der Waals surface area contributed by atoms with Crippen LogP contribution in [0.15, 0.2) is 24.3 Å². The van der Waals surface area contributed by atoms with E-state index in [0.717, 1.165) is 4.90 Å². The fourth-order valence-corrected chi connectivity index (χ4v) is 1.90. The van der Waals surface area contributed by atoms with E-state index in [0.29, 0.717) is 6.54 Å². The Balaban J connectivity index is 0.00000110. The molecule has 1 N–H and O–H groups in total. The number of quaternary nitrogens is 1. The fourth-order valence-electron chi connectivity index (χ4n) is 1.32. The molecule has 1 rings (SSSR count). The first-order chi connectivity index (χ1) is 9.43. The van der Waals surface area contributed by atoms with Crippen molar-refractivity contribution in [2.45, 2.75) is 0 Å². The Hall–Kier alpha value is -2.09. The van der Waals surface area contributed by atoms with E-state index in [1.807, 2.05) is 14.1 Å². The van der Waals surface area contributed by atoms with Gasteiger partial charge in [-0.1, -0.05) is 18.2 Å². The predicted octanol–water partition coefficient (Wildman–Crippen LogP) is -0.666. The molecule has 0 heterocycles. The summed E-state index contributed by atoms with van der Waals surface area (Å²) >= 11 is 0. The van der Waals surface area contributed by atoms with Crippen LogP contribution in [0.5, 0.6) is 0 Å². The predicted molar refractivity (Wildman–Crippen MR) is 74.4 cm³/mol. The Bertz CT molecular complexity index is 549. The molecule has 0 aromatic rings. The molecule has 0 amide bonds. The minimum absolute atomic E-state index is 0.0506. The Morgan fingerprint density at radius 3 is 2.50 bits per heavy atom. The van der Waals surface area contributed by atoms with Gasteiger partial charge in [-0.15, -0.1) is 0 Å². The van der Waals surface area contributed by atoms with Crippen molar-refractivity contribution >= 4 is 21.1 Å². The van der Waals surface area contributed by atoms with Gasteiger partial charge in [0.1, 0.15) is 19.1 Å². The van der Waals surface area contributed by atoms with E-state index in [1.165, 1.54) is 17.1 Å². The standard InChI is InChI=1S/C11H15NO4S.N3/c1-12(2)7-8-16-11(13)9-5-3-4-6-10(9)17(14)15;1-3-2/h3-6,9H,7-8H2,1-2H3;/q;-1/p+1. The maximum atomic E-state index is 11.7. The second-order valence-corrected chi connectivity index (χ2v) is 5.01. The number of carbonyl (C=O) groups excluding carboxylic acids is 1. The molecule has 0 aromatic carbocycles. The van der Waals surface area contributed by atoms with Gasteiger partial charge in [0, 0.05) is 0 Å². The first-order valence-corrected chi connectivity index (χ1v) is 6.76. The molecule has 110 valence electrons. The number of hydrogen-bond donors (Lipinski definition) is 1. The van der Waals surface area contributed by atoms with Gasteiger partial charge in [-0.05, 0) is 6.08 Å². The van der Waals surface area contributed by atoms with Crippen molar-refractivity contribution in [1.82, 2.24) is 0 Å². The molecule has 0 aliphatic heterocycles. The van der Waals surface area contributed by atoms with E-state index in [9.17, 15) is 13.2 Å². The molecule has 0 radical (unpaired) electrons. The molecule has 0 spiro atoms. The second-order valence-electron chi connectivity index (χ2n) is 4.07. The number of carbonyl (C=O) groups is 1. The molecule has 1 aliphatic carbocycles. The molecule has 1 atom stereocenters. The Kier molecular flexibility index (Phi) is 8.77. The summed E-state index contributed by atoms with van der Waals surface area (Å²) in [6.07, 6.45) is 6.15. The van der Waals surface area contributed by atoms with Crippen LogP contribution in [0.25, 0.3) is 16.0 Å². The lowest BCUT2D eigenvalue weighted by Crippen LogP contribution is -3.06. The van der Waals surface area contributed by atoms with E-state index in [4.69, 9.17) is 15.8 Å². The topological polar surface area (TPSA) is 124 Å². The number of ether oxygens (including phenoxy) is 1. The molecule has 0 aromatic heterocycles. The molecule has 0 saturated heterocycles. The monoisotopic (exact) mass is 300 g/mol. The molecule has 0 bridgehead atoms. The minimum atomic E-state index is -2.39. The molecule has 1 unspecified atom stereocenters. The normalized spacial score (nSPS) is 16.1. The number of nitrogens with one attached hydrogen (secondary N) is 1. The number of esters is 1. The van der Waals surface area contributed by atoms with Crippen LogP contribution in [-0.4, -0.2) is 46.5 Å². The van der Waals surface area contributed by atoms with E-state index < -0.39 is 22.2 Å². The van der Waals surface area contributed by atoms with Crippen LogP contribution >= 0.6 is 0 Å². The van der Waals surface area contributed by atoms with Gasteiger partial charge >= 0.3 is 5.97 Å². The van der Waals surface area contributed by atoms with Crippen LogP contribution < -0.4 is 4.90 Å². The lowest BCUT2D eigenvalue weighted by molar-refractivity contribution is -0.858. The Labute approximate surface area is 118 Å². The van der Waals surface area contributed by atoms with Crippen molar-refractivity contribution in [3.63, 3.8) is 0 Å². The summed E-state index contributed by atoms with van der Waals surface area (Å²) in [5.74, 6) is -1.33. The van der Waals surface area contributed by atoms with E-state index in [2.05, 4.69) is 0 Å². The van der Waals surface area contributed by atoms with Crippen LogP contribution in [-0.2, 0) is 19.8 Å². The van der Waals surface area contributed by atoms with Crippen molar-refractivity contribution < 1.29 is 22.8 Å². The summed E-state index contributed by atoms with van der Waals surface area (Å²) in [7, 11) is 1.50. The van der Waals surface area contributed by atoms with Crippen molar-refractivity contribution in [3.05, 3.63) is 40.3 Å².